The van der Waals surface area contributed by atoms with Crippen LogP contribution in [0.5, 0.6) is 11.5 Å². The van der Waals surface area contributed by atoms with Gasteiger partial charge in [0.1, 0.15) is 11.5 Å². The van der Waals surface area contributed by atoms with Crippen LogP contribution in [0.15, 0.2) is 66.7 Å². The summed E-state index contributed by atoms with van der Waals surface area (Å²) in [6.45, 7) is 6.31. The van der Waals surface area contributed by atoms with Crippen LogP contribution in [-0.4, -0.2) is 61.2 Å². The largest absolute Gasteiger partial charge is 0.497 e. The average Bonchev–Trinajstić information content (AvgIpc) is 2.98. The SMILES string of the molecule is COc1ccc(-c2nc3ccc(C(=O)NCCCN4CCC[C@@H](C)C4)cc3nc2-c2ccc(OC)cc2)cc1. The van der Waals surface area contributed by atoms with E-state index in [1.807, 2.05) is 66.7 Å². The molecule has 7 heteroatoms. The summed E-state index contributed by atoms with van der Waals surface area (Å²) >= 11 is 0. The van der Waals surface area contributed by atoms with Crippen molar-refractivity contribution in [1.82, 2.24) is 20.2 Å². The summed E-state index contributed by atoms with van der Waals surface area (Å²) in [5, 5.41) is 3.08. The van der Waals surface area contributed by atoms with E-state index in [-0.39, 0.29) is 5.91 Å². The number of hydrogen-bond donors (Lipinski definition) is 1. The second-order valence-corrected chi connectivity index (χ2v) is 10.2. The maximum Gasteiger partial charge on any atom is 0.251 e. The lowest BCUT2D eigenvalue weighted by Gasteiger charge is -2.30. The number of methoxy groups -OCH3 is 2. The van der Waals surface area contributed by atoms with Gasteiger partial charge in [-0.1, -0.05) is 6.92 Å². The molecule has 0 radical (unpaired) electrons. The quantitative estimate of drug-likeness (QED) is 0.278. The molecule has 1 aliphatic rings. The minimum absolute atomic E-state index is 0.0871. The monoisotopic (exact) mass is 524 g/mol. The van der Waals surface area contributed by atoms with E-state index in [2.05, 4.69) is 17.1 Å². The molecule has 3 aromatic carbocycles. The maximum absolute atomic E-state index is 13.0. The van der Waals surface area contributed by atoms with Crippen molar-refractivity contribution in [1.29, 1.82) is 0 Å². The Morgan fingerprint density at radius 2 is 1.51 bits per heavy atom. The van der Waals surface area contributed by atoms with Crippen molar-refractivity contribution < 1.29 is 14.3 Å². The first kappa shape index (κ1) is 26.6. The third-order valence-electron chi connectivity index (χ3n) is 7.33. The number of likely N-dealkylation sites (tertiary alicyclic amines) is 1. The number of piperidine rings is 1. The third-order valence-corrected chi connectivity index (χ3v) is 7.33. The fourth-order valence-corrected chi connectivity index (χ4v) is 5.19. The lowest BCUT2D eigenvalue weighted by Crippen LogP contribution is -2.36. The van der Waals surface area contributed by atoms with Crippen molar-refractivity contribution in [3.05, 3.63) is 72.3 Å². The van der Waals surface area contributed by atoms with Crippen molar-refractivity contribution in [3.8, 4) is 34.0 Å². The molecule has 2 heterocycles. The molecule has 1 fully saturated rings. The minimum Gasteiger partial charge on any atom is -0.497 e. The summed E-state index contributed by atoms with van der Waals surface area (Å²) in [5.41, 5.74) is 5.34. The number of aromatic nitrogens is 2. The van der Waals surface area contributed by atoms with E-state index < -0.39 is 0 Å². The van der Waals surface area contributed by atoms with E-state index in [1.165, 1.54) is 12.8 Å². The van der Waals surface area contributed by atoms with Gasteiger partial charge in [-0.25, -0.2) is 9.97 Å². The fourth-order valence-electron chi connectivity index (χ4n) is 5.19. The zero-order chi connectivity index (χ0) is 27.2. The average molecular weight is 525 g/mol. The molecule has 4 aromatic rings. The first-order valence-corrected chi connectivity index (χ1v) is 13.7. The zero-order valence-corrected chi connectivity index (χ0v) is 22.9. The van der Waals surface area contributed by atoms with Crippen LogP contribution in [0.1, 0.15) is 36.5 Å². The van der Waals surface area contributed by atoms with Crippen molar-refractivity contribution in [2.75, 3.05) is 40.4 Å². The molecule has 0 spiro atoms. The highest BCUT2D eigenvalue weighted by Crippen LogP contribution is 2.33. The predicted octanol–water partition coefficient (Wildman–Crippen LogP) is 5.83. The van der Waals surface area contributed by atoms with Gasteiger partial charge in [0.25, 0.3) is 5.91 Å². The van der Waals surface area contributed by atoms with Gasteiger partial charge in [0, 0.05) is 29.8 Å². The number of ether oxygens (including phenoxy) is 2. The number of nitrogens with one attached hydrogen (secondary N) is 1. The fraction of sp³-hybridized carbons (Fsp3) is 0.344. The molecule has 1 aliphatic heterocycles. The van der Waals surface area contributed by atoms with E-state index in [0.29, 0.717) is 17.6 Å². The molecule has 0 saturated carbocycles. The van der Waals surface area contributed by atoms with Crippen LogP contribution in [0, 0.1) is 5.92 Å². The van der Waals surface area contributed by atoms with Crippen LogP contribution >= 0.6 is 0 Å². The topological polar surface area (TPSA) is 76.6 Å². The van der Waals surface area contributed by atoms with Crippen molar-refractivity contribution in [2.24, 2.45) is 5.92 Å². The summed E-state index contributed by atoms with van der Waals surface area (Å²) in [6, 6.07) is 21.1. The van der Waals surface area contributed by atoms with Crippen molar-refractivity contribution in [3.63, 3.8) is 0 Å². The third kappa shape index (κ3) is 6.37. The first-order chi connectivity index (χ1) is 19.0. The molecule has 7 nitrogen and oxygen atoms in total. The van der Waals surface area contributed by atoms with Gasteiger partial charge in [-0.3, -0.25) is 4.79 Å². The molecular formula is C32H36N4O3. The zero-order valence-electron chi connectivity index (χ0n) is 22.9. The van der Waals surface area contributed by atoms with Crippen LogP contribution in [0.4, 0.5) is 0 Å². The Kier molecular flexibility index (Phi) is 8.37. The summed E-state index contributed by atoms with van der Waals surface area (Å²) in [6.07, 6.45) is 3.53. The molecule has 0 unspecified atom stereocenters. The number of fused-ring (bicyclic) bond motifs is 1. The van der Waals surface area contributed by atoms with Gasteiger partial charge in [0.2, 0.25) is 0 Å². The number of nitrogens with zero attached hydrogens (tertiary/aromatic N) is 3. The Bertz CT molecular complexity index is 1420. The molecule has 5 rings (SSSR count). The minimum atomic E-state index is -0.0871. The number of carbonyl (C=O) groups excluding carboxylic acids is 1. The molecule has 1 N–H and O–H groups in total. The number of amides is 1. The molecule has 202 valence electrons. The van der Waals surface area contributed by atoms with E-state index in [1.54, 1.807) is 14.2 Å². The summed E-state index contributed by atoms with van der Waals surface area (Å²) in [5.74, 6) is 2.22. The second-order valence-electron chi connectivity index (χ2n) is 10.2. The lowest BCUT2D eigenvalue weighted by molar-refractivity contribution is 0.0950. The number of hydrogen-bond acceptors (Lipinski definition) is 6. The van der Waals surface area contributed by atoms with Gasteiger partial charge in [0.15, 0.2) is 0 Å². The highest BCUT2D eigenvalue weighted by Gasteiger charge is 2.17. The molecule has 1 atom stereocenters. The Morgan fingerprint density at radius 1 is 0.897 bits per heavy atom. The molecule has 0 bridgehead atoms. The number of benzene rings is 3. The van der Waals surface area contributed by atoms with E-state index in [9.17, 15) is 4.79 Å². The van der Waals surface area contributed by atoms with Crippen LogP contribution in [-0.2, 0) is 0 Å². The Labute approximate surface area is 230 Å². The Hall–Kier alpha value is -3.97. The van der Waals surface area contributed by atoms with Crippen LogP contribution in [0.25, 0.3) is 33.5 Å². The molecule has 1 amide bonds. The van der Waals surface area contributed by atoms with Gasteiger partial charge >= 0.3 is 0 Å². The van der Waals surface area contributed by atoms with Crippen LogP contribution in [0.2, 0.25) is 0 Å². The van der Waals surface area contributed by atoms with Gasteiger partial charge in [-0.2, -0.15) is 0 Å². The first-order valence-electron chi connectivity index (χ1n) is 13.7. The molecular weight excluding hydrogens is 488 g/mol. The van der Waals surface area contributed by atoms with Crippen LogP contribution < -0.4 is 14.8 Å². The normalized spacial score (nSPS) is 15.7. The van der Waals surface area contributed by atoms with Gasteiger partial charge < -0.3 is 19.7 Å². The van der Waals surface area contributed by atoms with Gasteiger partial charge in [0.05, 0.1) is 36.6 Å². The summed E-state index contributed by atoms with van der Waals surface area (Å²) in [4.78, 5) is 25.5. The molecule has 1 saturated heterocycles. The van der Waals surface area contributed by atoms with Crippen molar-refractivity contribution in [2.45, 2.75) is 26.2 Å². The van der Waals surface area contributed by atoms with E-state index in [4.69, 9.17) is 19.4 Å². The standard InChI is InChI=1S/C32H36N4O3/c1-22-6-4-18-36(21-22)19-5-17-33-32(37)25-11-16-28-29(20-25)35-31(24-9-14-27(39-3)15-10-24)30(34-28)23-7-12-26(38-2)13-8-23/h7-16,20,22H,4-6,17-19,21H2,1-3H3,(H,33,37)/t22-/m1/s1. The van der Waals surface area contributed by atoms with Crippen molar-refractivity contribution >= 4 is 16.9 Å². The lowest BCUT2D eigenvalue weighted by atomic mass is 10.0. The van der Waals surface area contributed by atoms with E-state index in [0.717, 1.165) is 71.5 Å². The molecule has 39 heavy (non-hydrogen) atoms. The smallest absolute Gasteiger partial charge is 0.251 e. The van der Waals surface area contributed by atoms with E-state index >= 15 is 0 Å². The highest BCUT2D eigenvalue weighted by molar-refractivity contribution is 5.98. The maximum atomic E-state index is 13.0. The predicted molar refractivity (Wildman–Crippen MR) is 155 cm³/mol. The van der Waals surface area contributed by atoms with Crippen LogP contribution in [0.3, 0.4) is 0 Å². The summed E-state index contributed by atoms with van der Waals surface area (Å²) < 4.78 is 10.7. The molecule has 0 aliphatic carbocycles. The Morgan fingerprint density at radius 3 is 2.10 bits per heavy atom. The second kappa shape index (κ2) is 12.3. The number of rotatable bonds is 9. The van der Waals surface area contributed by atoms with Gasteiger partial charge in [-0.15, -0.1) is 0 Å². The Balaban J connectivity index is 1.38. The highest BCUT2D eigenvalue weighted by atomic mass is 16.5. The molecule has 1 aromatic heterocycles. The summed E-state index contributed by atoms with van der Waals surface area (Å²) in [7, 11) is 3.30. The number of carbonyl (C=O) groups is 1. The van der Waals surface area contributed by atoms with Gasteiger partial charge in [-0.05, 0) is 105 Å².